The van der Waals surface area contributed by atoms with Crippen molar-refractivity contribution < 1.29 is 4.74 Å². The minimum absolute atomic E-state index is 0.161. The van der Waals surface area contributed by atoms with E-state index < -0.39 is 0 Å². The van der Waals surface area contributed by atoms with Gasteiger partial charge < -0.3 is 9.64 Å². The second-order valence-corrected chi connectivity index (χ2v) is 3.40. The van der Waals surface area contributed by atoms with Gasteiger partial charge in [-0.25, -0.2) is 9.97 Å². The Morgan fingerprint density at radius 3 is 2.36 bits per heavy atom. The van der Waals surface area contributed by atoms with Gasteiger partial charge in [0.25, 0.3) is 0 Å². The van der Waals surface area contributed by atoms with Gasteiger partial charge in [0.05, 0.1) is 18.5 Å². The zero-order chi connectivity index (χ0) is 10.6. The Kier molecular flexibility index (Phi) is 3.68. The highest BCUT2D eigenvalue weighted by molar-refractivity contribution is 5.29. The summed E-state index contributed by atoms with van der Waals surface area (Å²) in [5.41, 5.74) is 0. The van der Waals surface area contributed by atoms with E-state index in [1.54, 1.807) is 12.4 Å². The predicted octanol–water partition coefficient (Wildman–Crippen LogP) is 1.72. The van der Waals surface area contributed by atoms with Crippen LogP contribution >= 0.6 is 0 Å². The van der Waals surface area contributed by atoms with Crippen molar-refractivity contribution in [2.45, 2.75) is 26.9 Å². The van der Waals surface area contributed by atoms with E-state index in [2.05, 4.69) is 16.9 Å². The first-order chi connectivity index (χ1) is 6.63. The van der Waals surface area contributed by atoms with Gasteiger partial charge in [0, 0.05) is 13.6 Å². The minimum Gasteiger partial charge on any atom is -0.488 e. The number of hydrogen-bond donors (Lipinski definition) is 0. The fourth-order valence-corrected chi connectivity index (χ4v) is 0.981. The van der Waals surface area contributed by atoms with Gasteiger partial charge in [-0.1, -0.05) is 0 Å². The highest BCUT2D eigenvalue weighted by Gasteiger charge is 2.02. The summed E-state index contributed by atoms with van der Waals surface area (Å²) in [6.45, 7) is 6.91. The smallest absolute Gasteiger partial charge is 0.225 e. The molecule has 0 saturated heterocycles. The number of rotatable bonds is 4. The van der Waals surface area contributed by atoms with Gasteiger partial charge in [-0.2, -0.15) is 0 Å². The molecule has 0 bridgehead atoms. The summed E-state index contributed by atoms with van der Waals surface area (Å²) in [5, 5.41) is 0. The summed E-state index contributed by atoms with van der Waals surface area (Å²) >= 11 is 0. The van der Waals surface area contributed by atoms with Crippen LogP contribution in [-0.2, 0) is 0 Å². The molecule has 1 rings (SSSR count). The quantitative estimate of drug-likeness (QED) is 0.733. The number of aromatic nitrogens is 2. The molecule has 0 aromatic carbocycles. The van der Waals surface area contributed by atoms with Crippen molar-refractivity contribution in [3.05, 3.63) is 12.4 Å². The molecule has 0 atom stereocenters. The molecule has 1 aromatic heterocycles. The Hall–Kier alpha value is -1.32. The highest BCUT2D eigenvalue weighted by Crippen LogP contribution is 2.11. The summed E-state index contributed by atoms with van der Waals surface area (Å²) in [4.78, 5) is 10.4. The van der Waals surface area contributed by atoms with Crippen LogP contribution in [0.4, 0.5) is 5.95 Å². The van der Waals surface area contributed by atoms with Gasteiger partial charge in [0.2, 0.25) is 5.95 Å². The van der Waals surface area contributed by atoms with Gasteiger partial charge in [0.15, 0.2) is 5.75 Å². The van der Waals surface area contributed by atoms with Crippen molar-refractivity contribution in [1.82, 2.24) is 9.97 Å². The molecular weight excluding hydrogens is 178 g/mol. The number of hydrogen-bond acceptors (Lipinski definition) is 4. The van der Waals surface area contributed by atoms with E-state index in [1.165, 1.54) is 0 Å². The van der Waals surface area contributed by atoms with Crippen molar-refractivity contribution in [2.24, 2.45) is 0 Å². The summed E-state index contributed by atoms with van der Waals surface area (Å²) in [7, 11) is 1.96. The molecule has 1 heterocycles. The maximum absolute atomic E-state index is 5.44. The first-order valence-corrected chi connectivity index (χ1v) is 4.83. The third-order valence-corrected chi connectivity index (χ3v) is 1.80. The lowest BCUT2D eigenvalue weighted by Crippen LogP contribution is -2.18. The maximum atomic E-state index is 5.44. The van der Waals surface area contributed by atoms with Crippen molar-refractivity contribution in [1.29, 1.82) is 0 Å². The second kappa shape index (κ2) is 4.79. The largest absolute Gasteiger partial charge is 0.488 e. The van der Waals surface area contributed by atoms with Crippen LogP contribution in [0.1, 0.15) is 20.8 Å². The van der Waals surface area contributed by atoms with Gasteiger partial charge in [0.1, 0.15) is 0 Å². The van der Waals surface area contributed by atoms with Gasteiger partial charge in [-0.3, -0.25) is 0 Å². The molecular formula is C10H17N3O. The lowest BCUT2D eigenvalue weighted by molar-refractivity contribution is 0.240. The lowest BCUT2D eigenvalue weighted by atomic mass is 10.5. The molecule has 4 nitrogen and oxygen atoms in total. The van der Waals surface area contributed by atoms with Gasteiger partial charge in [-0.05, 0) is 20.8 Å². The molecule has 0 aliphatic heterocycles. The van der Waals surface area contributed by atoms with Crippen molar-refractivity contribution in [2.75, 3.05) is 18.5 Å². The monoisotopic (exact) mass is 195 g/mol. The Morgan fingerprint density at radius 1 is 1.36 bits per heavy atom. The third-order valence-electron chi connectivity index (χ3n) is 1.80. The van der Waals surface area contributed by atoms with Crippen molar-refractivity contribution in [3.8, 4) is 5.75 Å². The average molecular weight is 195 g/mol. The van der Waals surface area contributed by atoms with Crippen LogP contribution in [0.3, 0.4) is 0 Å². The Balaban J connectivity index is 2.68. The van der Waals surface area contributed by atoms with Crippen LogP contribution in [-0.4, -0.2) is 29.7 Å². The van der Waals surface area contributed by atoms with E-state index in [0.717, 1.165) is 12.5 Å². The molecule has 78 valence electrons. The zero-order valence-corrected chi connectivity index (χ0v) is 9.19. The van der Waals surface area contributed by atoms with Crippen LogP contribution < -0.4 is 9.64 Å². The third kappa shape index (κ3) is 2.87. The van der Waals surface area contributed by atoms with E-state index in [1.807, 2.05) is 25.8 Å². The van der Waals surface area contributed by atoms with E-state index >= 15 is 0 Å². The van der Waals surface area contributed by atoms with Crippen LogP contribution in [0.2, 0.25) is 0 Å². The highest BCUT2D eigenvalue weighted by atomic mass is 16.5. The maximum Gasteiger partial charge on any atom is 0.225 e. The molecule has 0 fully saturated rings. The number of nitrogens with zero attached hydrogens (tertiary/aromatic N) is 3. The van der Waals surface area contributed by atoms with Gasteiger partial charge in [-0.15, -0.1) is 0 Å². The fourth-order valence-electron chi connectivity index (χ4n) is 0.981. The summed E-state index contributed by atoms with van der Waals surface area (Å²) < 4.78 is 5.44. The molecule has 0 aliphatic rings. The van der Waals surface area contributed by atoms with E-state index in [-0.39, 0.29) is 6.10 Å². The normalized spacial score (nSPS) is 10.4. The Labute approximate surface area is 84.9 Å². The van der Waals surface area contributed by atoms with E-state index in [4.69, 9.17) is 4.74 Å². The molecule has 0 unspecified atom stereocenters. The standard InChI is InChI=1S/C10H17N3O/c1-5-13(4)10-11-6-9(7-12-10)14-8(2)3/h6-8H,5H2,1-4H3. The molecule has 1 aromatic rings. The van der Waals surface area contributed by atoms with Crippen LogP contribution in [0.25, 0.3) is 0 Å². The fraction of sp³-hybridized carbons (Fsp3) is 0.600. The zero-order valence-electron chi connectivity index (χ0n) is 9.19. The number of anilines is 1. The minimum atomic E-state index is 0.161. The lowest BCUT2D eigenvalue weighted by Gasteiger charge is -2.14. The van der Waals surface area contributed by atoms with Crippen LogP contribution in [0.5, 0.6) is 5.75 Å². The molecule has 0 spiro atoms. The predicted molar refractivity (Wildman–Crippen MR) is 56.7 cm³/mol. The number of ether oxygens (including phenoxy) is 1. The molecule has 4 heteroatoms. The average Bonchev–Trinajstić information content (AvgIpc) is 2.17. The Bertz CT molecular complexity index is 271. The van der Waals surface area contributed by atoms with E-state index in [0.29, 0.717) is 5.75 Å². The van der Waals surface area contributed by atoms with Crippen LogP contribution in [0, 0.1) is 0 Å². The molecule has 0 N–H and O–H groups in total. The first kappa shape index (κ1) is 10.8. The summed E-state index contributed by atoms with van der Waals surface area (Å²) in [6, 6.07) is 0. The molecule has 0 aliphatic carbocycles. The SMILES string of the molecule is CCN(C)c1ncc(OC(C)C)cn1. The summed E-state index contributed by atoms with van der Waals surface area (Å²) in [5.74, 6) is 1.44. The molecule has 0 saturated carbocycles. The van der Waals surface area contributed by atoms with E-state index in [9.17, 15) is 0 Å². The summed E-state index contributed by atoms with van der Waals surface area (Å²) in [6.07, 6.45) is 3.57. The second-order valence-electron chi connectivity index (χ2n) is 3.40. The van der Waals surface area contributed by atoms with Gasteiger partial charge >= 0.3 is 0 Å². The molecule has 0 radical (unpaired) electrons. The molecule has 14 heavy (non-hydrogen) atoms. The van der Waals surface area contributed by atoms with Crippen LogP contribution in [0.15, 0.2) is 12.4 Å². The topological polar surface area (TPSA) is 38.2 Å². The van der Waals surface area contributed by atoms with Crippen molar-refractivity contribution in [3.63, 3.8) is 0 Å². The first-order valence-electron chi connectivity index (χ1n) is 4.83. The Morgan fingerprint density at radius 2 is 1.93 bits per heavy atom. The van der Waals surface area contributed by atoms with Crippen molar-refractivity contribution >= 4 is 5.95 Å². The molecule has 0 amide bonds.